The van der Waals surface area contributed by atoms with Crippen LogP contribution in [0.4, 0.5) is 0 Å². The normalized spacial score (nSPS) is 21.8. The van der Waals surface area contributed by atoms with Crippen LogP contribution < -0.4 is 9.47 Å². The summed E-state index contributed by atoms with van der Waals surface area (Å²) >= 11 is 0. The largest absolute Gasteiger partial charge is 0.497 e. The third-order valence-corrected chi connectivity index (χ3v) is 5.54. The van der Waals surface area contributed by atoms with E-state index in [4.69, 9.17) is 14.2 Å². The van der Waals surface area contributed by atoms with Gasteiger partial charge < -0.3 is 19.3 Å². The first-order valence-corrected chi connectivity index (χ1v) is 10.4. The molecule has 4 nitrogen and oxygen atoms in total. The van der Waals surface area contributed by atoms with Crippen LogP contribution in [0.1, 0.15) is 30.9 Å². The van der Waals surface area contributed by atoms with Crippen LogP contribution in [-0.4, -0.2) is 31.2 Å². The van der Waals surface area contributed by atoms with E-state index in [0.29, 0.717) is 5.92 Å². The lowest BCUT2D eigenvalue weighted by molar-refractivity contribution is -0.170. The van der Waals surface area contributed by atoms with E-state index in [1.165, 1.54) is 0 Å². The summed E-state index contributed by atoms with van der Waals surface area (Å²) in [4.78, 5) is 0. The Morgan fingerprint density at radius 1 is 1.00 bits per heavy atom. The Balaban J connectivity index is 1.66. The fourth-order valence-electron chi connectivity index (χ4n) is 3.95. The standard InChI is InChI=1S/C26H28O4/c1-18-15-23(17-27)29-25(16-18)30-26-21(12-11-20-5-3-4-6-24(20)26)10-7-19-8-13-22(28-2)14-9-19/h3-14,18,23,25,27H,15-17H2,1-2H3/b10-7+/t18?,23-,25?/m0/s1. The molecule has 1 N–H and O–H groups in total. The molecule has 0 spiro atoms. The molecule has 156 valence electrons. The summed E-state index contributed by atoms with van der Waals surface area (Å²) in [5, 5.41) is 11.7. The summed E-state index contributed by atoms with van der Waals surface area (Å²) in [5.74, 6) is 2.09. The maximum Gasteiger partial charge on any atom is 0.200 e. The summed E-state index contributed by atoms with van der Waals surface area (Å²) in [6.45, 7) is 2.19. The van der Waals surface area contributed by atoms with Gasteiger partial charge in [-0.3, -0.25) is 0 Å². The minimum atomic E-state index is -0.371. The SMILES string of the molecule is COc1ccc(/C=C/c2ccc3ccccc3c2OC2CC(C)C[C@@H](CO)O2)cc1. The van der Waals surface area contributed by atoms with Gasteiger partial charge in [0.05, 0.1) is 19.8 Å². The number of fused-ring (bicyclic) bond motifs is 1. The average molecular weight is 405 g/mol. The summed E-state index contributed by atoms with van der Waals surface area (Å²) in [7, 11) is 1.67. The molecule has 1 heterocycles. The van der Waals surface area contributed by atoms with Crippen LogP contribution in [0.25, 0.3) is 22.9 Å². The molecule has 0 amide bonds. The van der Waals surface area contributed by atoms with Crippen LogP contribution in [0.3, 0.4) is 0 Å². The Hall–Kier alpha value is -2.82. The molecule has 0 saturated carbocycles. The number of aliphatic hydroxyl groups excluding tert-OH is 1. The number of aliphatic hydroxyl groups is 1. The first-order chi connectivity index (χ1) is 14.7. The quantitative estimate of drug-likeness (QED) is 0.549. The van der Waals surface area contributed by atoms with Crippen LogP contribution in [0.15, 0.2) is 60.7 Å². The molecule has 4 heteroatoms. The van der Waals surface area contributed by atoms with E-state index >= 15 is 0 Å². The van der Waals surface area contributed by atoms with E-state index < -0.39 is 0 Å². The van der Waals surface area contributed by atoms with Crippen LogP contribution in [-0.2, 0) is 4.74 Å². The van der Waals surface area contributed by atoms with Crippen molar-refractivity contribution < 1.29 is 19.3 Å². The van der Waals surface area contributed by atoms with Crippen molar-refractivity contribution >= 4 is 22.9 Å². The molecule has 0 aromatic heterocycles. The zero-order chi connectivity index (χ0) is 20.9. The van der Waals surface area contributed by atoms with Gasteiger partial charge >= 0.3 is 0 Å². The molecular weight excluding hydrogens is 376 g/mol. The first-order valence-electron chi connectivity index (χ1n) is 10.4. The molecule has 0 aliphatic carbocycles. The Kier molecular flexibility index (Phi) is 6.36. The average Bonchev–Trinajstić information content (AvgIpc) is 2.78. The molecule has 2 unspecified atom stereocenters. The molecule has 3 aromatic carbocycles. The summed E-state index contributed by atoms with van der Waals surface area (Å²) < 4.78 is 17.6. The van der Waals surface area contributed by atoms with E-state index in [2.05, 4.69) is 43.3 Å². The highest BCUT2D eigenvalue weighted by molar-refractivity contribution is 5.93. The van der Waals surface area contributed by atoms with E-state index in [1.807, 2.05) is 36.4 Å². The number of ether oxygens (including phenoxy) is 3. The maximum atomic E-state index is 9.57. The molecule has 0 bridgehead atoms. The van der Waals surface area contributed by atoms with Gasteiger partial charge in [0.1, 0.15) is 11.5 Å². The van der Waals surface area contributed by atoms with Crippen molar-refractivity contribution in [2.24, 2.45) is 5.92 Å². The first kappa shape index (κ1) is 20.5. The van der Waals surface area contributed by atoms with Crippen molar-refractivity contribution in [3.05, 3.63) is 71.8 Å². The van der Waals surface area contributed by atoms with Gasteiger partial charge in [-0.25, -0.2) is 0 Å². The molecule has 3 atom stereocenters. The predicted octanol–water partition coefficient (Wildman–Crippen LogP) is 5.53. The number of hydrogen-bond acceptors (Lipinski definition) is 4. The minimum absolute atomic E-state index is 0.0178. The highest BCUT2D eigenvalue weighted by Crippen LogP contribution is 2.35. The molecule has 3 aromatic rings. The van der Waals surface area contributed by atoms with Crippen molar-refractivity contribution in [2.75, 3.05) is 13.7 Å². The molecule has 1 aliphatic heterocycles. The molecule has 30 heavy (non-hydrogen) atoms. The zero-order valence-corrected chi connectivity index (χ0v) is 17.5. The lowest BCUT2D eigenvalue weighted by atomic mass is 9.97. The lowest BCUT2D eigenvalue weighted by Crippen LogP contribution is -2.37. The topological polar surface area (TPSA) is 47.9 Å². The number of benzene rings is 3. The lowest BCUT2D eigenvalue weighted by Gasteiger charge is -2.33. The van der Waals surface area contributed by atoms with Crippen molar-refractivity contribution in [3.63, 3.8) is 0 Å². The molecule has 4 rings (SSSR count). The van der Waals surface area contributed by atoms with Gasteiger partial charge in [0, 0.05) is 17.4 Å². The van der Waals surface area contributed by atoms with Gasteiger partial charge in [0.15, 0.2) is 0 Å². The minimum Gasteiger partial charge on any atom is -0.497 e. The van der Waals surface area contributed by atoms with E-state index in [9.17, 15) is 5.11 Å². The summed E-state index contributed by atoms with van der Waals surface area (Å²) in [6, 6.07) is 20.3. The molecule has 1 fully saturated rings. The van der Waals surface area contributed by atoms with Crippen molar-refractivity contribution in [2.45, 2.75) is 32.2 Å². The van der Waals surface area contributed by atoms with Crippen LogP contribution in [0.2, 0.25) is 0 Å². The third-order valence-electron chi connectivity index (χ3n) is 5.54. The summed E-state index contributed by atoms with van der Waals surface area (Å²) in [5.41, 5.74) is 2.07. The van der Waals surface area contributed by atoms with Gasteiger partial charge in [0.2, 0.25) is 6.29 Å². The highest BCUT2D eigenvalue weighted by atomic mass is 16.7. The Morgan fingerprint density at radius 2 is 1.80 bits per heavy atom. The Morgan fingerprint density at radius 3 is 2.57 bits per heavy atom. The van der Waals surface area contributed by atoms with Crippen LogP contribution in [0.5, 0.6) is 11.5 Å². The van der Waals surface area contributed by atoms with Gasteiger partial charge in [-0.1, -0.05) is 67.6 Å². The van der Waals surface area contributed by atoms with Gasteiger partial charge in [-0.15, -0.1) is 0 Å². The second kappa shape index (κ2) is 9.33. The summed E-state index contributed by atoms with van der Waals surface area (Å²) in [6.07, 6.45) is 5.26. The Labute approximate surface area is 177 Å². The van der Waals surface area contributed by atoms with Crippen LogP contribution >= 0.6 is 0 Å². The molecule has 0 radical (unpaired) electrons. The maximum absolute atomic E-state index is 9.57. The second-order valence-corrected chi connectivity index (χ2v) is 7.88. The van der Waals surface area contributed by atoms with Gasteiger partial charge in [0.25, 0.3) is 0 Å². The van der Waals surface area contributed by atoms with Crippen molar-refractivity contribution in [1.29, 1.82) is 0 Å². The highest BCUT2D eigenvalue weighted by Gasteiger charge is 2.28. The predicted molar refractivity (Wildman–Crippen MR) is 121 cm³/mol. The van der Waals surface area contributed by atoms with Crippen LogP contribution in [0, 0.1) is 5.92 Å². The number of hydrogen-bond donors (Lipinski definition) is 1. The second-order valence-electron chi connectivity index (χ2n) is 7.88. The zero-order valence-electron chi connectivity index (χ0n) is 17.5. The Bertz CT molecular complexity index is 1010. The van der Waals surface area contributed by atoms with E-state index in [-0.39, 0.29) is 19.0 Å². The fourth-order valence-corrected chi connectivity index (χ4v) is 3.95. The van der Waals surface area contributed by atoms with E-state index in [1.54, 1.807) is 7.11 Å². The van der Waals surface area contributed by atoms with Crippen molar-refractivity contribution in [1.82, 2.24) is 0 Å². The fraction of sp³-hybridized carbons (Fsp3) is 0.308. The smallest absolute Gasteiger partial charge is 0.200 e. The molecule has 1 saturated heterocycles. The van der Waals surface area contributed by atoms with Gasteiger partial charge in [-0.05, 0) is 35.4 Å². The van der Waals surface area contributed by atoms with Crippen molar-refractivity contribution in [3.8, 4) is 11.5 Å². The molecule has 1 aliphatic rings. The number of rotatable bonds is 6. The monoisotopic (exact) mass is 404 g/mol. The van der Waals surface area contributed by atoms with E-state index in [0.717, 1.165) is 46.2 Å². The van der Waals surface area contributed by atoms with Gasteiger partial charge in [-0.2, -0.15) is 0 Å². The molecular formula is C26H28O4. The number of methoxy groups -OCH3 is 1. The third kappa shape index (κ3) is 4.66.